The Bertz CT molecular complexity index is 621. The van der Waals surface area contributed by atoms with Crippen LogP contribution >= 0.6 is 35.3 Å². The van der Waals surface area contributed by atoms with Crippen molar-refractivity contribution in [2.45, 2.75) is 46.7 Å². The molecule has 0 aliphatic rings. The molecule has 2 aromatic rings. The monoisotopic (exact) mass is 448 g/mol. The smallest absolute Gasteiger partial charge is 0.191 e. The molecule has 0 bridgehead atoms. The van der Waals surface area contributed by atoms with Gasteiger partial charge in [0.2, 0.25) is 0 Å². The molecular weight excluding hydrogens is 423 g/mol. The van der Waals surface area contributed by atoms with Gasteiger partial charge in [0, 0.05) is 17.5 Å². The molecule has 0 amide bonds. The molecule has 7 heteroatoms. The zero-order valence-electron chi connectivity index (χ0n) is 14.0. The maximum Gasteiger partial charge on any atom is 0.191 e. The van der Waals surface area contributed by atoms with E-state index in [-0.39, 0.29) is 24.0 Å². The third-order valence-electron chi connectivity index (χ3n) is 3.29. The molecule has 0 saturated heterocycles. The number of aromatic nitrogens is 1. The molecule has 2 rings (SSSR count). The maximum absolute atomic E-state index is 5.31. The van der Waals surface area contributed by atoms with Crippen LogP contribution in [0.25, 0.3) is 0 Å². The number of hydrogen-bond donors (Lipinski definition) is 2. The Labute approximate surface area is 159 Å². The fourth-order valence-corrected chi connectivity index (χ4v) is 2.77. The first-order chi connectivity index (χ1) is 10.6. The number of thiophene rings is 1. The van der Waals surface area contributed by atoms with E-state index in [0.29, 0.717) is 12.5 Å². The summed E-state index contributed by atoms with van der Waals surface area (Å²) in [4.78, 5) is 5.88. The van der Waals surface area contributed by atoms with Crippen LogP contribution in [0.1, 0.15) is 48.6 Å². The lowest BCUT2D eigenvalue weighted by molar-refractivity contribution is 0.376. The highest BCUT2D eigenvalue weighted by molar-refractivity contribution is 14.0. The van der Waals surface area contributed by atoms with Gasteiger partial charge in [-0.25, -0.2) is 4.99 Å². The van der Waals surface area contributed by atoms with Crippen molar-refractivity contribution < 1.29 is 4.52 Å². The molecule has 5 nitrogen and oxygen atoms in total. The third-order valence-corrected chi connectivity index (χ3v) is 4.31. The highest BCUT2D eigenvalue weighted by Gasteiger charge is 2.08. The number of aliphatic imine (C=N–C) groups is 1. The summed E-state index contributed by atoms with van der Waals surface area (Å²) in [7, 11) is 0. The van der Waals surface area contributed by atoms with Crippen molar-refractivity contribution in [1.29, 1.82) is 0 Å². The Balaban J connectivity index is 0.00000264. The average molecular weight is 448 g/mol. The van der Waals surface area contributed by atoms with Gasteiger partial charge in [-0.05, 0) is 36.8 Å². The van der Waals surface area contributed by atoms with Gasteiger partial charge in [-0.2, -0.15) is 0 Å². The number of nitrogens with one attached hydrogen (secondary N) is 2. The highest BCUT2D eigenvalue weighted by Crippen LogP contribution is 2.15. The van der Waals surface area contributed by atoms with Crippen LogP contribution in [0.3, 0.4) is 0 Å². The predicted octanol–water partition coefficient (Wildman–Crippen LogP) is 4.04. The van der Waals surface area contributed by atoms with Gasteiger partial charge < -0.3 is 15.2 Å². The minimum absolute atomic E-state index is 0. The number of halogens is 1. The van der Waals surface area contributed by atoms with Crippen LogP contribution in [0.5, 0.6) is 0 Å². The fourth-order valence-electron chi connectivity index (χ4n) is 1.92. The van der Waals surface area contributed by atoms with Crippen LogP contribution in [-0.4, -0.2) is 17.7 Å². The predicted molar refractivity (Wildman–Crippen MR) is 107 cm³/mol. The van der Waals surface area contributed by atoms with Gasteiger partial charge in [-0.1, -0.05) is 19.0 Å². The standard InChI is InChI=1S/C16H24N4OS.HI/c1-5-17-16(19-10-15-12(4)6-7-22-15)18-9-13-8-14(11(2)3)20-21-13;/h6-8,11H,5,9-10H2,1-4H3,(H2,17,18,19);1H. The second-order valence-corrected chi connectivity index (χ2v) is 6.45. The number of aryl methyl sites for hydroxylation is 1. The lowest BCUT2D eigenvalue weighted by Gasteiger charge is -2.10. The maximum atomic E-state index is 5.31. The van der Waals surface area contributed by atoms with E-state index >= 15 is 0 Å². The lowest BCUT2D eigenvalue weighted by Crippen LogP contribution is -2.36. The first kappa shape index (κ1) is 20.0. The summed E-state index contributed by atoms with van der Waals surface area (Å²) in [6.45, 7) is 10.5. The van der Waals surface area contributed by atoms with Crippen molar-refractivity contribution in [2.24, 2.45) is 4.99 Å². The minimum atomic E-state index is 0. The number of guanidine groups is 1. The second-order valence-electron chi connectivity index (χ2n) is 5.45. The molecule has 0 unspecified atom stereocenters. The molecule has 0 fully saturated rings. The first-order valence-corrected chi connectivity index (χ1v) is 8.48. The Hall–Kier alpha value is -1.09. The van der Waals surface area contributed by atoms with Gasteiger partial charge in [0.05, 0.1) is 12.2 Å². The number of hydrogen-bond acceptors (Lipinski definition) is 4. The van der Waals surface area contributed by atoms with Crippen LogP contribution < -0.4 is 10.6 Å². The summed E-state index contributed by atoms with van der Waals surface area (Å²) in [5, 5.41) is 12.8. The Morgan fingerprint density at radius 1 is 1.39 bits per heavy atom. The molecule has 128 valence electrons. The van der Waals surface area contributed by atoms with E-state index in [2.05, 4.69) is 59.9 Å². The van der Waals surface area contributed by atoms with E-state index in [1.165, 1.54) is 10.4 Å². The molecule has 0 aromatic carbocycles. The molecule has 0 spiro atoms. The van der Waals surface area contributed by atoms with Gasteiger partial charge in [-0.15, -0.1) is 35.3 Å². The molecule has 0 saturated carbocycles. The van der Waals surface area contributed by atoms with Crippen molar-refractivity contribution in [3.63, 3.8) is 0 Å². The van der Waals surface area contributed by atoms with Crippen molar-refractivity contribution in [2.75, 3.05) is 6.54 Å². The quantitative estimate of drug-likeness (QED) is 0.398. The zero-order valence-corrected chi connectivity index (χ0v) is 17.2. The van der Waals surface area contributed by atoms with Crippen LogP contribution in [0.15, 0.2) is 27.0 Å². The Morgan fingerprint density at radius 2 is 2.17 bits per heavy atom. The molecular formula is C16H25IN4OS. The molecule has 2 heterocycles. The summed E-state index contributed by atoms with van der Waals surface area (Å²) in [5.74, 6) is 1.95. The molecule has 0 aliphatic heterocycles. The van der Waals surface area contributed by atoms with Crippen molar-refractivity contribution in [1.82, 2.24) is 15.8 Å². The molecule has 2 aromatic heterocycles. The summed E-state index contributed by atoms with van der Waals surface area (Å²) < 4.78 is 5.31. The largest absolute Gasteiger partial charge is 0.359 e. The second kappa shape index (κ2) is 9.92. The summed E-state index contributed by atoms with van der Waals surface area (Å²) in [6.07, 6.45) is 0. The van der Waals surface area contributed by atoms with Gasteiger partial charge in [0.1, 0.15) is 6.54 Å². The molecule has 23 heavy (non-hydrogen) atoms. The minimum Gasteiger partial charge on any atom is -0.359 e. The Kier molecular flexibility index (Phi) is 8.60. The summed E-state index contributed by atoms with van der Waals surface area (Å²) in [6, 6.07) is 4.11. The summed E-state index contributed by atoms with van der Waals surface area (Å²) in [5.41, 5.74) is 2.28. The van der Waals surface area contributed by atoms with Crippen molar-refractivity contribution >= 4 is 41.3 Å². The van der Waals surface area contributed by atoms with Crippen LogP contribution in [0, 0.1) is 6.92 Å². The van der Waals surface area contributed by atoms with Gasteiger partial charge in [0.25, 0.3) is 0 Å². The fraction of sp³-hybridized carbons (Fsp3) is 0.500. The molecule has 0 radical (unpaired) electrons. The van der Waals surface area contributed by atoms with E-state index in [1.807, 2.05) is 6.07 Å². The first-order valence-electron chi connectivity index (χ1n) is 7.60. The van der Waals surface area contributed by atoms with Crippen LogP contribution in [0.2, 0.25) is 0 Å². The normalized spacial score (nSPS) is 11.4. The number of rotatable bonds is 6. The van der Waals surface area contributed by atoms with E-state index in [0.717, 1.165) is 30.5 Å². The van der Waals surface area contributed by atoms with Gasteiger partial charge >= 0.3 is 0 Å². The van der Waals surface area contributed by atoms with E-state index in [4.69, 9.17) is 4.52 Å². The Morgan fingerprint density at radius 3 is 2.74 bits per heavy atom. The SMILES string of the molecule is CCNC(=NCc1cc(C(C)C)no1)NCc1sccc1C.I. The molecule has 0 atom stereocenters. The summed E-state index contributed by atoms with van der Waals surface area (Å²) >= 11 is 1.76. The van der Waals surface area contributed by atoms with Crippen LogP contribution in [0.4, 0.5) is 0 Å². The molecule has 2 N–H and O–H groups in total. The topological polar surface area (TPSA) is 62.5 Å². The highest BCUT2D eigenvalue weighted by atomic mass is 127. The van der Waals surface area contributed by atoms with E-state index < -0.39 is 0 Å². The zero-order chi connectivity index (χ0) is 15.9. The van der Waals surface area contributed by atoms with E-state index in [1.54, 1.807) is 11.3 Å². The molecule has 0 aliphatic carbocycles. The van der Waals surface area contributed by atoms with Crippen molar-refractivity contribution in [3.8, 4) is 0 Å². The van der Waals surface area contributed by atoms with E-state index in [9.17, 15) is 0 Å². The van der Waals surface area contributed by atoms with Gasteiger partial charge in [0.15, 0.2) is 11.7 Å². The lowest BCUT2D eigenvalue weighted by atomic mass is 10.1. The number of nitrogens with zero attached hydrogens (tertiary/aromatic N) is 2. The van der Waals surface area contributed by atoms with Gasteiger partial charge in [-0.3, -0.25) is 0 Å². The van der Waals surface area contributed by atoms with Crippen molar-refractivity contribution in [3.05, 3.63) is 39.4 Å². The third kappa shape index (κ3) is 6.14. The van der Waals surface area contributed by atoms with Crippen LogP contribution in [-0.2, 0) is 13.1 Å². The average Bonchev–Trinajstić information content (AvgIpc) is 3.11.